The smallest absolute Gasteiger partial charge is 0.338 e. The van der Waals surface area contributed by atoms with E-state index < -0.39 is 10.1 Å². The molecule has 0 aliphatic rings. The molecule has 14 heavy (non-hydrogen) atoms. The number of benzene rings is 1. The van der Waals surface area contributed by atoms with Crippen LogP contribution in [-0.4, -0.2) is 38.0 Å². The summed E-state index contributed by atoms with van der Waals surface area (Å²) in [6.45, 7) is 4.85. The molecule has 0 saturated heterocycles. The Hall–Kier alpha value is -0.290. The summed E-state index contributed by atoms with van der Waals surface area (Å²) in [7, 11) is -3.66. The molecule has 5 heteroatoms. The zero-order valence-electron chi connectivity index (χ0n) is 8.23. The fourth-order valence-electron chi connectivity index (χ4n) is 0.823. The zero-order chi connectivity index (χ0) is 9.90. The van der Waals surface area contributed by atoms with Crippen molar-refractivity contribution in [2.75, 3.05) is 0 Å². The van der Waals surface area contributed by atoms with Gasteiger partial charge in [-0.15, -0.1) is 0 Å². The standard InChI is InChI=1S/C9H10O3S.Na/c1-8(2)12-13(10,11)9-6-4-3-5-7-9;/h3-7H,1H2,2H3;. The summed E-state index contributed by atoms with van der Waals surface area (Å²) in [4.78, 5) is 0.137. The molecule has 1 aromatic rings. The summed E-state index contributed by atoms with van der Waals surface area (Å²) in [6, 6.07) is 7.94. The van der Waals surface area contributed by atoms with E-state index in [1.165, 1.54) is 19.1 Å². The maximum atomic E-state index is 11.4. The van der Waals surface area contributed by atoms with E-state index >= 15 is 0 Å². The second kappa shape index (κ2) is 5.56. The van der Waals surface area contributed by atoms with Gasteiger partial charge in [0.1, 0.15) is 10.7 Å². The molecule has 0 fully saturated rings. The molecule has 1 radical (unpaired) electrons. The van der Waals surface area contributed by atoms with Crippen molar-refractivity contribution in [3.8, 4) is 0 Å². The predicted molar refractivity (Wildman–Crippen MR) is 55.3 cm³/mol. The van der Waals surface area contributed by atoms with Gasteiger partial charge in [-0.3, -0.25) is 0 Å². The summed E-state index contributed by atoms with van der Waals surface area (Å²) in [5, 5.41) is 0. The molecule has 1 rings (SSSR count). The van der Waals surface area contributed by atoms with Crippen LogP contribution in [0.1, 0.15) is 6.92 Å². The third kappa shape index (κ3) is 3.84. The third-order valence-electron chi connectivity index (χ3n) is 1.28. The van der Waals surface area contributed by atoms with E-state index in [2.05, 4.69) is 10.8 Å². The Kier molecular flexibility index (Phi) is 5.44. The molecular formula is C9H10NaO3S. The van der Waals surface area contributed by atoms with E-state index in [1.54, 1.807) is 18.2 Å². The molecule has 1 aromatic carbocycles. The van der Waals surface area contributed by atoms with Gasteiger partial charge in [0.25, 0.3) is 0 Å². The van der Waals surface area contributed by atoms with Crippen molar-refractivity contribution in [1.29, 1.82) is 0 Å². The third-order valence-corrected chi connectivity index (χ3v) is 2.64. The maximum Gasteiger partial charge on any atom is 0.338 e. The van der Waals surface area contributed by atoms with E-state index in [0.717, 1.165) is 0 Å². The fraction of sp³-hybridized carbons (Fsp3) is 0.111. The molecule has 71 valence electrons. The van der Waals surface area contributed by atoms with Gasteiger partial charge in [-0.25, -0.2) is 0 Å². The van der Waals surface area contributed by atoms with Crippen molar-refractivity contribution >= 4 is 39.7 Å². The molecule has 0 aliphatic heterocycles. The number of hydrogen-bond donors (Lipinski definition) is 0. The molecule has 0 N–H and O–H groups in total. The SMILES string of the molecule is C=C(C)OS(=O)(=O)c1ccccc1.[Na]. The number of hydrogen-bond acceptors (Lipinski definition) is 3. The van der Waals surface area contributed by atoms with E-state index in [-0.39, 0.29) is 40.2 Å². The normalized spacial score (nSPS) is 10.1. The van der Waals surface area contributed by atoms with Gasteiger partial charge in [-0.2, -0.15) is 8.42 Å². The van der Waals surface area contributed by atoms with Gasteiger partial charge >= 0.3 is 10.1 Å². The van der Waals surface area contributed by atoms with Crippen LogP contribution < -0.4 is 0 Å². The van der Waals surface area contributed by atoms with Crippen molar-refractivity contribution in [2.24, 2.45) is 0 Å². The van der Waals surface area contributed by atoms with Gasteiger partial charge < -0.3 is 4.18 Å². The van der Waals surface area contributed by atoms with Gasteiger partial charge in [-0.05, 0) is 19.1 Å². The summed E-state index contributed by atoms with van der Waals surface area (Å²) < 4.78 is 27.3. The van der Waals surface area contributed by atoms with E-state index in [1.807, 2.05) is 0 Å². The Bertz CT molecular complexity index is 397. The van der Waals surface area contributed by atoms with Crippen molar-refractivity contribution in [2.45, 2.75) is 11.8 Å². The van der Waals surface area contributed by atoms with Crippen LogP contribution in [-0.2, 0) is 14.3 Å². The fourth-order valence-corrected chi connectivity index (χ4v) is 1.78. The first-order chi connectivity index (χ1) is 6.02. The van der Waals surface area contributed by atoms with Crippen LogP contribution in [0.25, 0.3) is 0 Å². The first-order valence-corrected chi connectivity index (χ1v) is 5.08. The maximum absolute atomic E-state index is 11.4. The van der Waals surface area contributed by atoms with Crippen LogP contribution in [0.3, 0.4) is 0 Å². The Morgan fingerprint density at radius 3 is 2.21 bits per heavy atom. The Morgan fingerprint density at radius 1 is 1.29 bits per heavy atom. The van der Waals surface area contributed by atoms with Gasteiger partial charge in [-0.1, -0.05) is 24.8 Å². The van der Waals surface area contributed by atoms with Crippen LogP contribution in [0, 0.1) is 0 Å². The molecule has 0 aromatic heterocycles. The minimum atomic E-state index is -3.66. The summed E-state index contributed by atoms with van der Waals surface area (Å²) >= 11 is 0. The van der Waals surface area contributed by atoms with E-state index in [4.69, 9.17) is 0 Å². The zero-order valence-corrected chi connectivity index (χ0v) is 11.0. The van der Waals surface area contributed by atoms with Gasteiger partial charge in [0.05, 0.1) is 0 Å². The Balaban J connectivity index is 0.00000169. The van der Waals surface area contributed by atoms with Gasteiger partial charge in [0, 0.05) is 29.6 Å². The average Bonchev–Trinajstić information content (AvgIpc) is 2.04. The van der Waals surface area contributed by atoms with Crippen molar-refractivity contribution in [1.82, 2.24) is 0 Å². The number of allylic oxidation sites excluding steroid dienone is 1. The molecule has 0 bridgehead atoms. The van der Waals surface area contributed by atoms with Crippen LogP contribution in [0.5, 0.6) is 0 Å². The minimum absolute atomic E-state index is 0. The molecule has 0 unspecified atom stereocenters. The van der Waals surface area contributed by atoms with E-state index in [9.17, 15) is 8.42 Å². The quantitative estimate of drug-likeness (QED) is 0.442. The molecule has 0 heterocycles. The van der Waals surface area contributed by atoms with Crippen molar-refractivity contribution in [3.05, 3.63) is 42.7 Å². The summed E-state index contributed by atoms with van der Waals surface area (Å²) in [5.41, 5.74) is 0. The monoisotopic (exact) mass is 221 g/mol. The number of rotatable bonds is 3. The molecule has 0 saturated carbocycles. The predicted octanol–water partition coefficient (Wildman–Crippen LogP) is 1.54. The molecule has 0 aliphatic carbocycles. The Morgan fingerprint density at radius 2 is 1.79 bits per heavy atom. The van der Waals surface area contributed by atoms with Crippen LogP contribution in [0.2, 0.25) is 0 Å². The minimum Gasteiger partial charge on any atom is -0.384 e. The second-order valence-electron chi connectivity index (χ2n) is 2.55. The van der Waals surface area contributed by atoms with Gasteiger partial charge in [0.2, 0.25) is 0 Å². The molecule has 0 atom stereocenters. The summed E-state index contributed by atoms with van der Waals surface area (Å²) in [5.74, 6) is 0.156. The first kappa shape index (κ1) is 13.7. The van der Waals surface area contributed by atoms with Gasteiger partial charge in [0.15, 0.2) is 0 Å². The van der Waals surface area contributed by atoms with Crippen LogP contribution in [0.15, 0.2) is 47.6 Å². The molecule has 0 amide bonds. The van der Waals surface area contributed by atoms with Crippen molar-refractivity contribution < 1.29 is 12.6 Å². The molecular weight excluding hydrogens is 211 g/mol. The van der Waals surface area contributed by atoms with E-state index in [0.29, 0.717) is 0 Å². The molecule has 0 spiro atoms. The first-order valence-electron chi connectivity index (χ1n) is 3.67. The summed E-state index contributed by atoms with van der Waals surface area (Å²) in [6.07, 6.45) is 0. The van der Waals surface area contributed by atoms with Crippen LogP contribution in [0.4, 0.5) is 0 Å². The average molecular weight is 221 g/mol. The second-order valence-corrected chi connectivity index (χ2v) is 4.10. The van der Waals surface area contributed by atoms with Crippen molar-refractivity contribution in [3.63, 3.8) is 0 Å². The van der Waals surface area contributed by atoms with Crippen LogP contribution >= 0.6 is 0 Å². The molecule has 3 nitrogen and oxygen atoms in total. The largest absolute Gasteiger partial charge is 0.384 e. The topological polar surface area (TPSA) is 43.4 Å². The Labute approximate surface area is 106 Å².